The van der Waals surface area contributed by atoms with Crippen LogP contribution >= 0.6 is 0 Å². The van der Waals surface area contributed by atoms with Crippen LogP contribution in [0.25, 0.3) is 10.8 Å². The van der Waals surface area contributed by atoms with E-state index in [2.05, 4.69) is 5.32 Å². The molecule has 0 aromatic heterocycles. The Morgan fingerprint density at radius 2 is 1.41 bits per heavy atom. The maximum Gasteiger partial charge on any atom is 0.261 e. The average Bonchev–Trinajstić information content (AvgIpc) is 3.17. The molecule has 0 saturated heterocycles. The van der Waals surface area contributed by atoms with Crippen LogP contribution in [0.1, 0.15) is 63.6 Å². The lowest BCUT2D eigenvalue weighted by atomic mass is 9.92. The molecule has 5 rings (SSSR count). The Bertz CT molecular complexity index is 1430. The second-order valence-electron chi connectivity index (χ2n) is 9.25. The van der Waals surface area contributed by atoms with E-state index in [0.717, 1.165) is 16.3 Å². The number of nitrogens with one attached hydrogen (secondary N) is 1. The highest BCUT2D eigenvalue weighted by Crippen LogP contribution is 2.36. The fourth-order valence-corrected chi connectivity index (χ4v) is 4.96. The molecule has 6 nitrogen and oxygen atoms in total. The van der Waals surface area contributed by atoms with E-state index >= 15 is 0 Å². The van der Waals surface area contributed by atoms with E-state index in [-0.39, 0.29) is 23.5 Å². The number of hydrogen-bond acceptors (Lipinski definition) is 4. The van der Waals surface area contributed by atoms with Gasteiger partial charge in [-0.15, -0.1) is 0 Å². The lowest BCUT2D eigenvalue weighted by molar-refractivity contribution is -0.121. The molecule has 0 spiro atoms. The van der Waals surface area contributed by atoms with Gasteiger partial charge in [-0.25, -0.2) is 0 Å². The van der Waals surface area contributed by atoms with Crippen molar-refractivity contribution in [3.63, 3.8) is 0 Å². The molecule has 0 saturated carbocycles. The highest BCUT2D eigenvalue weighted by atomic mass is 16.3. The van der Waals surface area contributed by atoms with Crippen LogP contribution in [0.4, 0.5) is 0 Å². The lowest BCUT2D eigenvalue weighted by Crippen LogP contribution is -2.31. The second-order valence-corrected chi connectivity index (χ2v) is 9.25. The summed E-state index contributed by atoms with van der Waals surface area (Å²) in [5.41, 5.74) is 2.46. The van der Waals surface area contributed by atoms with E-state index in [1.165, 1.54) is 4.90 Å². The monoisotopic (exact) mass is 492 g/mol. The largest absolute Gasteiger partial charge is 0.508 e. The topological polar surface area (TPSA) is 86.7 Å². The summed E-state index contributed by atoms with van der Waals surface area (Å²) in [5.74, 6) is -0.492. The zero-order valence-corrected chi connectivity index (χ0v) is 20.4. The van der Waals surface area contributed by atoms with Crippen LogP contribution in [0.3, 0.4) is 0 Å². The predicted octanol–water partition coefficient (Wildman–Crippen LogP) is 5.61. The first-order chi connectivity index (χ1) is 18.0. The van der Waals surface area contributed by atoms with Gasteiger partial charge in [-0.3, -0.25) is 19.3 Å². The van der Waals surface area contributed by atoms with E-state index in [1.807, 2.05) is 60.7 Å². The first-order valence-corrected chi connectivity index (χ1v) is 12.5. The lowest BCUT2D eigenvalue weighted by Gasteiger charge is -2.23. The van der Waals surface area contributed by atoms with Gasteiger partial charge in [-0.1, -0.05) is 79.2 Å². The number of rotatable bonds is 9. The Morgan fingerprint density at radius 3 is 2.14 bits per heavy atom. The minimum atomic E-state index is -0.502. The van der Waals surface area contributed by atoms with Crippen molar-refractivity contribution in [3.8, 4) is 5.75 Å². The van der Waals surface area contributed by atoms with E-state index < -0.39 is 6.04 Å². The Hall–Kier alpha value is -4.45. The molecule has 37 heavy (non-hydrogen) atoms. The SMILES string of the molecule is O=C(CCCCCN1C(=O)c2ccccc2C1=O)NC(c1ccccc1)c1c(O)ccc2ccccc12. The highest BCUT2D eigenvalue weighted by molar-refractivity contribution is 6.21. The van der Waals surface area contributed by atoms with Crippen LogP contribution in [0.15, 0.2) is 91.0 Å². The molecule has 0 radical (unpaired) electrons. The number of imide groups is 1. The molecule has 2 N–H and O–H groups in total. The molecule has 0 aliphatic carbocycles. The van der Waals surface area contributed by atoms with Crippen molar-refractivity contribution in [2.24, 2.45) is 0 Å². The molecule has 4 aromatic rings. The first-order valence-electron chi connectivity index (χ1n) is 12.5. The second kappa shape index (κ2) is 10.7. The molecular weight excluding hydrogens is 464 g/mol. The summed E-state index contributed by atoms with van der Waals surface area (Å²) in [6.45, 7) is 0.338. The average molecular weight is 493 g/mol. The van der Waals surface area contributed by atoms with Crippen LogP contribution in [-0.2, 0) is 4.79 Å². The van der Waals surface area contributed by atoms with E-state index in [0.29, 0.717) is 48.9 Å². The van der Waals surface area contributed by atoms with Crippen molar-refractivity contribution in [1.82, 2.24) is 10.2 Å². The molecule has 0 bridgehead atoms. The van der Waals surface area contributed by atoms with Gasteiger partial charge in [0.1, 0.15) is 5.75 Å². The number of benzene rings is 4. The number of fused-ring (bicyclic) bond motifs is 2. The Morgan fingerprint density at radius 1 is 0.757 bits per heavy atom. The summed E-state index contributed by atoms with van der Waals surface area (Å²) < 4.78 is 0. The van der Waals surface area contributed by atoms with Crippen molar-refractivity contribution >= 4 is 28.5 Å². The van der Waals surface area contributed by atoms with Crippen LogP contribution in [-0.4, -0.2) is 34.3 Å². The third kappa shape index (κ3) is 4.96. The van der Waals surface area contributed by atoms with Gasteiger partial charge in [0.25, 0.3) is 11.8 Å². The van der Waals surface area contributed by atoms with Crippen molar-refractivity contribution in [1.29, 1.82) is 0 Å². The van der Waals surface area contributed by atoms with Crippen LogP contribution < -0.4 is 5.32 Å². The highest BCUT2D eigenvalue weighted by Gasteiger charge is 2.34. The predicted molar refractivity (Wildman–Crippen MR) is 142 cm³/mol. The maximum atomic E-state index is 13.0. The first kappa shape index (κ1) is 24.3. The minimum absolute atomic E-state index is 0.123. The number of carbonyl (C=O) groups is 3. The zero-order chi connectivity index (χ0) is 25.8. The van der Waals surface area contributed by atoms with Crippen molar-refractivity contribution in [2.45, 2.75) is 31.7 Å². The molecular formula is C31H28N2O4. The summed E-state index contributed by atoms with van der Waals surface area (Å²) in [6.07, 6.45) is 2.26. The molecule has 1 unspecified atom stereocenters. The van der Waals surface area contributed by atoms with Crippen molar-refractivity contribution in [2.75, 3.05) is 6.54 Å². The standard InChI is InChI=1S/C31H28N2O4/c34-26-19-18-21-11-6-7-14-23(21)28(26)29(22-12-3-1-4-13-22)32-27(35)17-5-2-10-20-33-30(36)24-15-8-9-16-25(24)31(33)37/h1,3-4,6-9,11-16,18-19,29,34H,2,5,10,17,20H2,(H,32,35). The van der Waals surface area contributed by atoms with Crippen LogP contribution in [0, 0.1) is 0 Å². The number of phenolic OH excluding ortho intramolecular Hbond substituents is 1. The van der Waals surface area contributed by atoms with Crippen LogP contribution in [0.2, 0.25) is 0 Å². The van der Waals surface area contributed by atoms with Crippen molar-refractivity contribution < 1.29 is 19.5 Å². The Kier molecular flexibility index (Phi) is 6.99. The molecule has 6 heteroatoms. The Balaban J connectivity index is 1.22. The van der Waals surface area contributed by atoms with Gasteiger partial charge in [-0.2, -0.15) is 0 Å². The van der Waals surface area contributed by atoms with Crippen LogP contribution in [0.5, 0.6) is 5.75 Å². The number of nitrogens with zero attached hydrogens (tertiary/aromatic N) is 1. The van der Waals surface area contributed by atoms with Gasteiger partial charge < -0.3 is 10.4 Å². The number of phenols is 1. The fourth-order valence-electron chi connectivity index (χ4n) is 4.96. The summed E-state index contributed by atoms with van der Waals surface area (Å²) in [5, 5.41) is 15.8. The van der Waals surface area contributed by atoms with Gasteiger partial charge in [0.2, 0.25) is 5.91 Å². The summed E-state index contributed by atoms with van der Waals surface area (Å²) in [6, 6.07) is 27.3. The number of amides is 3. The molecule has 3 amide bonds. The van der Waals surface area contributed by atoms with E-state index in [4.69, 9.17) is 0 Å². The van der Waals surface area contributed by atoms with E-state index in [1.54, 1.807) is 30.3 Å². The molecule has 186 valence electrons. The van der Waals surface area contributed by atoms with Gasteiger partial charge in [-0.05, 0) is 47.4 Å². The Labute approximate surface area is 215 Å². The van der Waals surface area contributed by atoms with Gasteiger partial charge in [0.15, 0.2) is 0 Å². The van der Waals surface area contributed by atoms with Crippen molar-refractivity contribution in [3.05, 3.63) is 113 Å². The third-order valence-electron chi connectivity index (χ3n) is 6.84. The summed E-state index contributed by atoms with van der Waals surface area (Å²) in [4.78, 5) is 39.3. The van der Waals surface area contributed by atoms with Gasteiger partial charge in [0.05, 0.1) is 17.2 Å². The van der Waals surface area contributed by atoms with Gasteiger partial charge >= 0.3 is 0 Å². The zero-order valence-electron chi connectivity index (χ0n) is 20.4. The minimum Gasteiger partial charge on any atom is -0.508 e. The number of carbonyl (C=O) groups excluding carboxylic acids is 3. The van der Waals surface area contributed by atoms with E-state index in [9.17, 15) is 19.5 Å². The molecule has 1 aliphatic rings. The summed E-state index contributed by atoms with van der Waals surface area (Å²) in [7, 11) is 0. The summed E-state index contributed by atoms with van der Waals surface area (Å²) >= 11 is 0. The van der Waals surface area contributed by atoms with Gasteiger partial charge in [0, 0.05) is 18.5 Å². The smallest absolute Gasteiger partial charge is 0.261 e. The molecule has 4 aromatic carbocycles. The number of aromatic hydroxyl groups is 1. The quantitative estimate of drug-likeness (QED) is 0.235. The number of unbranched alkanes of at least 4 members (excludes halogenated alkanes) is 2. The molecule has 1 atom stereocenters. The molecule has 0 fully saturated rings. The molecule has 1 aliphatic heterocycles. The normalized spacial score (nSPS) is 13.6. The number of hydrogen-bond donors (Lipinski definition) is 2. The fraction of sp³-hybridized carbons (Fsp3) is 0.194. The maximum absolute atomic E-state index is 13.0. The third-order valence-corrected chi connectivity index (χ3v) is 6.84. The molecule has 1 heterocycles.